The maximum atomic E-state index is 12.3. The molecule has 1 N–H and O–H groups in total. The molecule has 4 nitrogen and oxygen atoms in total. The molecular weight excluding hydrogens is 328 g/mol. The lowest BCUT2D eigenvalue weighted by molar-refractivity contribution is -0.142. The summed E-state index contributed by atoms with van der Waals surface area (Å²) in [5.74, 6) is -1.03. The smallest absolute Gasteiger partial charge is 0.311 e. The van der Waals surface area contributed by atoms with E-state index in [4.69, 9.17) is 9.84 Å². The molecule has 0 heterocycles. The van der Waals surface area contributed by atoms with Gasteiger partial charge in [0.05, 0.1) is 12.8 Å². The molecule has 3 aromatic carbocycles. The van der Waals surface area contributed by atoms with E-state index < -0.39 is 11.9 Å². The molecule has 0 bridgehead atoms. The van der Waals surface area contributed by atoms with E-state index in [9.17, 15) is 9.59 Å². The van der Waals surface area contributed by atoms with Gasteiger partial charge in [0, 0.05) is 10.8 Å². The highest BCUT2D eigenvalue weighted by molar-refractivity contribution is 6.08. The first kappa shape index (κ1) is 17.9. The second-order valence-corrected chi connectivity index (χ2v) is 7.45. The van der Waals surface area contributed by atoms with Crippen molar-refractivity contribution in [2.45, 2.75) is 39.0 Å². The molecule has 0 aliphatic carbocycles. The maximum absolute atomic E-state index is 12.3. The van der Waals surface area contributed by atoms with Crippen LogP contribution in [0.5, 0.6) is 5.75 Å². The summed E-state index contributed by atoms with van der Waals surface area (Å²) in [4.78, 5) is 23.0. The fourth-order valence-electron chi connectivity index (χ4n) is 3.18. The van der Waals surface area contributed by atoms with E-state index in [1.807, 2.05) is 42.5 Å². The molecule has 3 rings (SSSR count). The molecule has 0 aliphatic rings. The fourth-order valence-corrected chi connectivity index (χ4v) is 3.18. The van der Waals surface area contributed by atoms with Gasteiger partial charge in [-0.15, -0.1) is 0 Å². The Morgan fingerprint density at radius 2 is 1.65 bits per heavy atom. The topological polar surface area (TPSA) is 63.6 Å². The van der Waals surface area contributed by atoms with E-state index >= 15 is 0 Å². The highest BCUT2D eigenvalue weighted by atomic mass is 16.5. The number of carboxylic acid groups (broad SMARTS) is 1. The molecule has 0 aliphatic heterocycles. The molecule has 0 aromatic heterocycles. The van der Waals surface area contributed by atoms with E-state index in [0.717, 1.165) is 27.1 Å². The number of carbonyl (C=O) groups is 2. The molecule has 4 heteroatoms. The average molecular weight is 350 g/mol. The lowest BCUT2D eigenvalue weighted by atomic mass is 9.82. The number of hydrogen-bond acceptors (Lipinski definition) is 3. The normalized spacial score (nSPS) is 11.7. The third-order valence-electron chi connectivity index (χ3n) is 4.41. The van der Waals surface area contributed by atoms with E-state index in [-0.39, 0.29) is 18.3 Å². The van der Waals surface area contributed by atoms with Gasteiger partial charge in [-0.05, 0) is 27.8 Å². The first-order chi connectivity index (χ1) is 12.3. The van der Waals surface area contributed by atoms with Crippen molar-refractivity contribution in [2.75, 3.05) is 0 Å². The molecule has 3 aromatic rings. The Kier molecular flexibility index (Phi) is 4.68. The zero-order chi connectivity index (χ0) is 18.9. The van der Waals surface area contributed by atoms with Gasteiger partial charge < -0.3 is 9.84 Å². The summed E-state index contributed by atoms with van der Waals surface area (Å²) in [6.07, 6.45) is -0.397. The summed E-state index contributed by atoms with van der Waals surface area (Å²) in [6, 6.07) is 15.9. The molecule has 26 heavy (non-hydrogen) atoms. The quantitative estimate of drug-likeness (QED) is 0.406. The Morgan fingerprint density at radius 1 is 0.962 bits per heavy atom. The molecule has 0 amide bonds. The van der Waals surface area contributed by atoms with Crippen molar-refractivity contribution < 1.29 is 19.4 Å². The second-order valence-electron chi connectivity index (χ2n) is 7.45. The number of carbonyl (C=O) groups excluding carboxylic acids is 1. The lowest BCUT2D eigenvalue weighted by Crippen LogP contribution is -2.14. The van der Waals surface area contributed by atoms with Crippen molar-refractivity contribution in [3.8, 4) is 5.75 Å². The Morgan fingerprint density at radius 3 is 2.35 bits per heavy atom. The molecule has 0 atom stereocenters. The molecule has 0 saturated carbocycles. The number of fused-ring (bicyclic) bond motifs is 2. The van der Waals surface area contributed by atoms with Crippen molar-refractivity contribution in [1.82, 2.24) is 0 Å². The van der Waals surface area contributed by atoms with E-state index in [1.165, 1.54) is 0 Å². The van der Waals surface area contributed by atoms with Gasteiger partial charge in [0.15, 0.2) is 0 Å². The number of esters is 1. The van der Waals surface area contributed by atoms with E-state index in [0.29, 0.717) is 5.75 Å². The zero-order valence-electron chi connectivity index (χ0n) is 15.2. The molecule has 0 radical (unpaired) electrons. The van der Waals surface area contributed by atoms with Crippen LogP contribution in [0.15, 0.2) is 48.5 Å². The number of rotatable bonds is 4. The summed E-state index contributed by atoms with van der Waals surface area (Å²) in [5.41, 5.74) is 0.950. The number of hydrogen-bond donors (Lipinski definition) is 1. The second kappa shape index (κ2) is 6.79. The summed E-state index contributed by atoms with van der Waals surface area (Å²) >= 11 is 0. The summed E-state index contributed by atoms with van der Waals surface area (Å²) < 4.78 is 5.72. The Hall–Kier alpha value is -2.88. The Balaban J connectivity index is 2.24. The first-order valence-electron chi connectivity index (χ1n) is 8.65. The van der Waals surface area contributed by atoms with Crippen molar-refractivity contribution in [2.24, 2.45) is 0 Å². The van der Waals surface area contributed by atoms with Crippen LogP contribution in [0.4, 0.5) is 0 Å². The van der Waals surface area contributed by atoms with Gasteiger partial charge in [-0.1, -0.05) is 63.2 Å². The predicted molar refractivity (Wildman–Crippen MR) is 103 cm³/mol. The third kappa shape index (κ3) is 3.54. The predicted octanol–water partition coefficient (Wildman–Crippen LogP) is 5.06. The Labute approximate surface area is 152 Å². The molecule has 0 fully saturated rings. The van der Waals surface area contributed by atoms with Crippen LogP contribution in [0.25, 0.3) is 21.5 Å². The molecule has 134 valence electrons. The van der Waals surface area contributed by atoms with Gasteiger partial charge in [0.25, 0.3) is 0 Å². The minimum Gasteiger partial charge on any atom is -0.481 e. The van der Waals surface area contributed by atoms with Crippen LogP contribution in [0.3, 0.4) is 0 Å². The van der Waals surface area contributed by atoms with E-state index in [1.54, 1.807) is 0 Å². The highest BCUT2D eigenvalue weighted by Gasteiger charge is 2.22. The maximum Gasteiger partial charge on any atom is 0.311 e. The monoisotopic (exact) mass is 350 g/mol. The fraction of sp³-hybridized carbons (Fsp3) is 0.273. The van der Waals surface area contributed by atoms with Crippen molar-refractivity contribution >= 4 is 33.5 Å². The first-order valence-corrected chi connectivity index (χ1v) is 8.65. The minimum atomic E-state index is -1.01. The molecular formula is C22H22O4. The van der Waals surface area contributed by atoms with Crippen LogP contribution in [-0.2, 0) is 15.0 Å². The van der Waals surface area contributed by atoms with Crippen LogP contribution in [-0.4, -0.2) is 17.0 Å². The largest absolute Gasteiger partial charge is 0.481 e. The van der Waals surface area contributed by atoms with Gasteiger partial charge in [0.2, 0.25) is 0 Å². The van der Waals surface area contributed by atoms with Crippen LogP contribution in [0.1, 0.15) is 39.2 Å². The summed E-state index contributed by atoms with van der Waals surface area (Å²) in [7, 11) is 0. The number of ether oxygens (including phenoxy) is 1. The highest BCUT2D eigenvalue weighted by Crippen LogP contribution is 2.41. The zero-order valence-corrected chi connectivity index (χ0v) is 15.2. The molecule has 0 unspecified atom stereocenters. The summed E-state index contributed by atoms with van der Waals surface area (Å²) in [6.45, 7) is 6.35. The van der Waals surface area contributed by atoms with Crippen LogP contribution in [0, 0.1) is 0 Å². The number of carboxylic acids is 1. The van der Waals surface area contributed by atoms with Gasteiger partial charge in [-0.3, -0.25) is 9.59 Å². The van der Waals surface area contributed by atoms with Gasteiger partial charge in [-0.2, -0.15) is 0 Å². The average Bonchev–Trinajstić information content (AvgIpc) is 2.58. The SMILES string of the molecule is CC(C)(C)c1cccc2cc3ccccc3c(OC(=O)CCC(=O)O)c12. The van der Waals surface area contributed by atoms with Gasteiger partial charge >= 0.3 is 11.9 Å². The van der Waals surface area contributed by atoms with E-state index in [2.05, 4.69) is 26.8 Å². The van der Waals surface area contributed by atoms with Crippen molar-refractivity contribution in [3.05, 3.63) is 54.1 Å². The van der Waals surface area contributed by atoms with Crippen molar-refractivity contribution in [1.29, 1.82) is 0 Å². The van der Waals surface area contributed by atoms with Gasteiger partial charge in [-0.25, -0.2) is 0 Å². The lowest BCUT2D eigenvalue weighted by Gasteiger charge is -2.23. The third-order valence-corrected chi connectivity index (χ3v) is 4.41. The number of aliphatic carboxylic acids is 1. The van der Waals surface area contributed by atoms with Crippen LogP contribution < -0.4 is 4.74 Å². The summed E-state index contributed by atoms with van der Waals surface area (Å²) in [5, 5.41) is 12.5. The van der Waals surface area contributed by atoms with Crippen molar-refractivity contribution in [3.63, 3.8) is 0 Å². The van der Waals surface area contributed by atoms with Gasteiger partial charge in [0.1, 0.15) is 5.75 Å². The standard InChI is InChI=1S/C22H22O4/c1-22(2,3)17-10-6-8-15-13-14-7-4-5-9-16(14)21(20(15)17)26-19(25)12-11-18(23)24/h4-10,13H,11-12H2,1-3H3,(H,23,24). The van der Waals surface area contributed by atoms with Crippen LogP contribution >= 0.6 is 0 Å². The van der Waals surface area contributed by atoms with Crippen LogP contribution in [0.2, 0.25) is 0 Å². The number of benzene rings is 3. The Bertz CT molecular complexity index is 996. The molecule has 0 spiro atoms. The minimum absolute atomic E-state index is 0.135. The molecule has 0 saturated heterocycles.